The molecule has 0 aromatic carbocycles. The molecule has 2 aliphatic rings. The molecule has 0 radical (unpaired) electrons. The highest BCUT2D eigenvalue weighted by Crippen LogP contribution is 2.34. The van der Waals surface area contributed by atoms with Gasteiger partial charge in [-0.25, -0.2) is 0 Å². The van der Waals surface area contributed by atoms with Gasteiger partial charge in [0.25, 0.3) is 0 Å². The Labute approximate surface area is 97.2 Å². The fourth-order valence-corrected chi connectivity index (χ4v) is 3.05. The predicted molar refractivity (Wildman–Crippen MR) is 62.4 cm³/mol. The predicted octanol–water partition coefficient (Wildman–Crippen LogP) is 0.876. The van der Waals surface area contributed by atoms with Gasteiger partial charge < -0.3 is 10.0 Å². The largest absolute Gasteiger partial charge is 0.481 e. The molecule has 1 saturated heterocycles. The van der Waals surface area contributed by atoms with Crippen molar-refractivity contribution in [2.75, 3.05) is 26.7 Å². The molecule has 1 N–H and O–H groups in total. The van der Waals surface area contributed by atoms with Crippen molar-refractivity contribution < 1.29 is 9.90 Å². The van der Waals surface area contributed by atoms with Crippen LogP contribution in [0.2, 0.25) is 0 Å². The first-order valence-electron chi connectivity index (χ1n) is 6.26. The molecule has 0 aromatic heterocycles. The Balaban J connectivity index is 2.00. The number of likely N-dealkylation sites (N-methyl/N-ethyl adjacent to an activating group) is 1. The van der Waals surface area contributed by atoms with Gasteiger partial charge in [0, 0.05) is 25.2 Å². The first kappa shape index (κ1) is 11.9. The molecular weight excluding hydrogens is 204 g/mol. The molecule has 3 unspecified atom stereocenters. The van der Waals surface area contributed by atoms with E-state index in [4.69, 9.17) is 5.11 Å². The quantitative estimate of drug-likeness (QED) is 0.759. The van der Waals surface area contributed by atoms with Crippen LogP contribution in [-0.4, -0.2) is 59.6 Å². The lowest BCUT2D eigenvalue weighted by Gasteiger charge is -2.44. The number of aliphatic carboxylic acids is 1. The molecule has 1 aliphatic carbocycles. The minimum Gasteiger partial charge on any atom is -0.481 e. The zero-order valence-electron chi connectivity index (χ0n) is 10.2. The van der Waals surface area contributed by atoms with E-state index in [0.717, 1.165) is 38.9 Å². The molecule has 1 heterocycles. The molecule has 92 valence electrons. The summed E-state index contributed by atoms with van der Waals surface area (Å²) in [6.45, 7) is 5.47. The topological polar surface area (TPSA) is 43.8 Å². The van der Waals surface area contributed by atoms with Crippen LogP contribution in [0.15, 0.2) is 0 Å². The van der Waals surface area contributed by atoms with Crippen LogP contribution in [0.4, 0.5) is 0 Å². The number of hydrogen-bond donors (Lipinski definition) is 1. The highest BCUT2D eigenvalue weighted by atomic mass is 16.4. The molecule has 0 aromatic rings. The first-order chi connectivity index (χ1) is 7.59. The van der Waals surface area contributed by atoms with Crippen molar-refractivity contribution in [2.24, 2.45) is 5.92 Å². The average Bonchev–Trinajstić information content (AvgIpc) is 2.26. The Morgan fingerprint density at radius 3 is 2.62 bits per heavy atom. The first-order valence-corrected chi connectivity index (χ1v) is 6.26. The van der Waals surface area contributed by atoms with Crippen LogP contribution < -0.4 is 0 Å². The van der Waals surface area contributed by atoms with Gasteiger partial charge in [0.15, 0.2) is 0 Å². The minimum absolute atomic E-state index is 0.120. The molecule has 3 atom stereocenters. The maximum atomic E-state index is 11.1. The normalized spacial score (nSPS) is 37.8. The summed E-state index contributed by atoms with van der Waals surface area (Å²) in [5, 5.41) is 9.11. The molecular formula is C12H22N2O2. The van der Waals surface area contributed by atoms with Crippen molar-refractivity contribution in [3.8, 4) is 0 Å². The highest BCUT2D eigenvalue weighted by molar-refractivity contribution is 5.72. The fourth-order valence-electron chi connectivity index (χ4n) is 3.05. The van der Waals surface area contributed by atoms with E-state index in [1.807, 2.05) is 0 Å². The van der Waals surface area contributed by atoms with Gasteiger partial charge in [-0.2, -0.15) is 0 Å². The molecule has 0 amide bonds. The van der Waals surface area contributed by atoms with Crippen molar-refractivity contribution in [1.29, 1.82) is 0 Å². The molecule has 2 rings (SSSR count). The number of rotatable bonds is 2. The minimum atomic E-state index is -0.610. The molecule has 0 bridgehead atoms. The third-order valence-corrected chi connectivity index (χ3v) is 4.08. The number of carbonyl (C=O) groups is 1. The monoisotopic (exact) mass is 226 g/mol. The number of nitrogens with zero attached hydrogens (tertiary/aromatic N) is 2. The van der Waals surface area contributed by atoms with Crippen LogP contribution in [0.3, 0.4) is 0 Å². The van der Waals surface area contributed by atoms with Crippen molar-refractivity contribution in [3.63, 3.8) is 0 Å². The molecule has 1 saturated carbocycles. The summed E-state index contributed by atoms with van der Waals surface area (Å²) in [4.78, 5) is 15.8. The van der Waals surface area contributed by atoms with Gasteiger partial charge in [-0.3, -0.25) is 9.69 Å². The summed E-state index contributed by atoms with van der Waals surface area (Å²) >= 11 is 0. The SMILES string of the molecule is CC1CN(C)CCCN1C1CCC1C(=O)O. The molecule has 4 nitrogen and oxygen atoms in total. The van der Waals surface area contributed by atoms with E-state index in [0.29, 0.717) is 12.1 Å². The summed E-state index contributed by atoms with van der Waals surface area (Å²) in [7, 11) is 2.15. The van der Waals surface area contributed by atoms with E-state index in [1.54, 1.807) is 0 Å². The standard InChI is InChI=1S/C12H22N2O2/c1-9-8-13(2)6-3-7-14(9)11-5-4-10(11)12(15)16/h9-11H,3-8H2,1-2H3,(H,15,16). The lowest BCUT2D eigenvalue weighted by molar-refractivity contribution is -0.149. The van der Waals surface area contributed by atoms with E-state index >= 15 is 0 Å². The van der Waals surface area contributed by atoms with E-state index in [1.165, 1.54) is 0 Å². The van der Waals surface area contributed by atoms with Crippen LogP contribution in [0, 0.1) is 5.92 Å². The smallest absolute Gasteiger partial charge is 0.308 e. The number of carboxylic acid groups (broad SMARTS) is 1. The third-order valence-electron chi connectivity index (χ3n) is 4.08. The molecule has 1 aliphatic heterocycles. The Kier molecular flexibility index (Phi) is 3.50. The highest BCUT2D eigenvalue weighted by Gasteiger charge is 2.42. The summed E-state index contributed by atoms with van der Waals surface area (Å²) in [5.41, 5.74) is 0. The van der Waals surface area contributed by atoms with Gasteiger partial charge in [0.2, 0.25) is 0 Å². The summed E-state index contributed by atoms with van der Waals surface area (Å²) in [6, 6.07) is 0.777. The number of hydrogen-bond acceptors (Lipinski definition) is 3. The van der Waals surface area contributed by atoms with E-state index in [9.17, 15) is 4.79 Å². The van der Waals surface area contributed by atoms with Crippen molar-refractivity contribution in [2.45, 2.75) is 38.3 Å². The second-order valence-electron chi connectivity index (χ2n) is 5.29. The van der Waals surface area contributed by atoms with Gasteiger partial charge in [-0.05, 0) is 39.8 Å². The van der Waals surface area contributed by atoms with Gasteiger partial charge >= 0.3 is 5.97 Å². The van der Waals surface area contributed by atoms with Crippen molar-refractivity contribution >= 4 is 5.97 Å². The third kappa shape index (κ3) is 2.23. The zero-order valence-corrected chi connectivity index (χ0v) is 10.2. The maximum absolute atomic E-state index is 11.1. The molecule has 2 fully saturated rings. The Morgan fingerprint density at radius 1 is 1.31 bits per heavy atom. The van der Waals surface area contributed by atoms with Crippen LogP contribution in [0.5, 0.6) is 0 Å². The number of carboxylic acids is 1. The van der Waals surface area contributed by atoms with Gasteiger partial charge in [0.05, 0.1) is 5.92 Å². The second-order valence-corrected chi connectivity index (χ2v) is 5.29. The van der Waals surface area contributed by atoms with E-state index in [2.05, 4.69) is 23.8 Å². The van der Waals surface area contributed by atoms with Crippen LogP contribution in [0.1, 0.15) is 26.2 Å². The molecule has 4 heteroatoms. The van der Waals surface area contributed by atoms with Crippen LogP contribution in [0.25, 0.3) is 0 Å². The Hall–Kier alpha value is -0.610. The Morgan fingerprint density at radius 2 is 2.06 bits per heavy atom. The van der Waals surface area contributed by atoms with E-state index in [-0.39, 0.29) is 5.92 Å². The van der Waals surface area contributed by atoms with Crippen LogP contribution in [-0.2, 0) is 4.79 Å². The van der Waals surface area contributed by atoms with Crippen molar-refractivity contribution in [3.05, 3.63) is 0 Å². The zero-order chi connectivity index (χ0) is 11.7. The van der Waals surface area contributed by atoms with Gasteiger partial charge in [-0.1, -0.05) is 0 Å². The summed E-state index contributed by atoms with van der Waals surface area (Å²) in [5.74, 6) is -0.730. The van der Waals surface area contributed by atoms with Crippen LogP contribution >= 0.6 is 0 Å². The molecule has 0 spiro atoms. The summed E-state index contributed by atoms with van der Waals surface area (Å²) < 4.78 is 0. The lowest BCUT2D eigenvalue weighted by Crippen LogP contribution is -2.54. The van der Waals surface area contributed by atoms with Gasteiger partial charge in [-0.15, -0.1) is 0 Å². The van der Waals surface area contributed by atoms with Gasteiger partial charge in [0.1, 0.15) is 0 Å². The average molecular weight is 226 g/mol. The fraction of sp³-hybridized carbons (Fsp3) is 0.917. The Bertz CT molecular complexity index is 270. The summed E-state index contributed by atoms with van der Waals surface area (Å²) in [6.07, 6.45) is 3.08. The second kappa shape index (κ2) is 4.72. The maximum Gasteiger partial charge on any atom is 0.308 e. The molecule has 16 heavy (non-hydrogen) atoms. The van der Waals surface area contributed by atoms with E-state index < -0.39 is 5.97 Å². The lowest BCUT2D eigenvalue weighted by atomic mass is 9.78. The van der Waals surface area contributed by atoms with Crippen molar-refractivity contribution in [1.82, 2.24) is 9.80 Å².